The van der Waals surface area contributed by atoms with E-state index in [0.717, 1.165) is 51.3 Å². The van der Waals surface area contributed by atoms with Crippen molar-refractivity contribution in [3.63, 3.8) is 0 Å². The van der Waals surface area contributed by atoms with E-state index >= 15 is 0 Å². The fourth-order valence-corrected chi connectivity index (χ4v) is 3.80. The topological polar surface area (TPSA) is 79.1 Å². The summed E-state index contributed by atoms with van der Waals surface area (Å²) >= 11 is 5.57. The van der Waals surface area contributed by atoms with Crippen LogP contribution in [0.1, 0.15) is 12.5 Å². The molecule has 2 N–H and O–H groups in total. The van der Waals surface area contributed by atoms with Crippen LogP contribution in [0, 0.1) is 0 Å². The SMILES string of the molecule is CCNC(=S)N(CCN1CCOCC1)Cc1cc2cc(OC)c(OC)cc2[nH]c1=O. The number of H-pyrrole nitrogens is 1. The molecule has 0 spiro atoms. The van der Waals surface area contributed by atoms with E-state index in [0.29, 0.717) is 34.2 Å². The molecule has 3 rings (SSSR count). The van der Waals surface area contributed by atoms with Crippen LogP contribution in [-0.4, -0.2) is 80.1 Å². The second-order valence-electron chi connectivity index (χ2n) is 7.13. The normalized spacial score (nSPS) is 14.5. The van der Waals surface area contributed by atoms with Gasteiger partial charge in [-0.2, -0.15) is 0 Å². The van der Waals surface area contributed by atoms with Gasteiger partial charge in [-0.25, -0.2) is 0 Å². The summed E-state index contributed by atoms with van der Waals surface area (Å²) < 4.78 is 16.2. The molecule has 30 heavy (non-hydrogen) atoms. The number of rotatable bonds is 8. The average Bonchev–Trinajstić information content (AvgIpc) is 2.76. The summed E-state index contributed by atoms with van der Waals surface area (Å²) in [5.74, 6) is 1.20. The average molecular weight is 435 g/mol. The van der Waals surface area contributed by atoms with Crippen molar-refractivity contribution in [1.82, 2.24) is 20.1 Å². The summed E-state index contributed by atoms with van der Waals surface area (Å²) in [6.07, 6.45) is 0. The van der Waals surface area contributed by atoms with Crippen LogP contribution in [0.15, 0.2) is 23.0 Å². The van der Waals surface area contributed by atoms with Gasteiger partial charge in [0.25, 0.3) is 5.56 Å². The molecule has 0 amide bonds. The highest BCUT2D eigenvalue weighted by atomic mass is 32.1. The first kappa shape index (κ1) is 22.3. The molecule has 8 nitrogen and oxygen atoms in total. The quantitative estimate of drug-likeness (QED) is 0.607. The lowest BCUT2D eigenvalue weighted by molar-refractivity contribution is 0.0357. The van der Waals surface area contributed by atoms with Crippen LogP contribution in [-0.2, 0) is 11.3 Å². The van der Waals surface area contributed by atoms with E-state index in [9.17, 15) is 4.79 Å². The van der Waals surface area contributed by atoms with Crippen molar-refractivity contribution < 1.29 is 14.2 Å². The van der Waals surface area contributed by atoms with Crippen molar-refractivity contribution in [3.8, 4) is 11.5 Å². The van der Waals surface area contributed by atoms with E-state index in [1.165, 1.54) is 0 Å². The second kappa shape index (κ2) is 10.6. The minimum Gasteiger partial charge on any atom is -0.493 e. The molecule has 0 radical (unpaired) electrons. The molecule has 164 valence electrons. The third kappa shape index (κ3) is 5.41. The molecule has 9 heteroatoms. The van der Waals surface area contributed by atoms with Gasteiger partial charge in [0, 0.05) is 49.7 Å². The number of fused-ring (bicyclic) bond motifs is 1. The van der Waals surface area contributed by atoms with Crippen molar-refractivity contribution in [1.29, 1.82) is 0 Å². The zero-order valence-electron chi connectivity index (χ0n) is 17.8. The highest BCUT2D eigenvalue weighted by Gasteiger charge is 2.17. The number of morpholine rings is 1. The zero-order valence-corrected chi connectivity index (χ0v) is 18.6. The van der Waals surface area contributed by atoms with E-state index in [2.05, 4.69) is 15.2 Å². The van der Waals surface area contributed by atoms with E-state index in [-0.39, 0.29) is 5.56 Å². The Morgan fingerprint density at radius 3 is 2.60 bits per heavy atom. The first-order chi connectivity index (χ1) is 14.5. The second-order valence-corrected chi connectivity index (χ2v) is 7.52. The molecule has 0 unspecified atom stereocenters. The number of nitrogens with one attached hydrogen (secondary N) is 2. The van der Waals surface area contributed by atoms with Gasteiger partial charge < -0.3 is 29.4 Å². The van der Waals surface area contributed by atoms with Crippen LogP contribution in [0.5, 0.6) is 11.5 Å². The third-order valence-corrected chi connectivity index (χ3v) is 5.59. The maximum atomic E-state index is 12.8. The maximum absolute atomic E-state index is 12.8. The minimum atomic E-state index is -0.134. The third-order valence-electron chi connectivity index (χ3n) is 5.19. The number of aromatic amines is 1. The molecule has 1 aliphatic heterocycles. The molecule has 1 aromatic carbocycles. The Kier molecular flexibility index (Phi) is 7.89. The van der Waals surface area contributed by atoms with E-state index in [4.69, 9.17) is 26.4 Å². The molecule has 2 aromatic rings. The van der Waals surface area contributed by atoms with Crippen molar-refractivity contribution >= 4 is 28.2 Å². The number of nitrogens with zero attached hydrogens (tertiary/aromatic N) is 2. The maximum Gasteiger partial charge on any atom is 0.253 e. The van der Waals surface area contributed by atoms with Crippen molar-refractivity contribution in [2.45, 2.75) is 13.5 Å². The molecule has 0 aliphatic carbocycles. The number of ether oxygens (including phenoxy) is 3. The zero-order chi connectivity index (χ0) is 21.5. The van der Waals surface area contributed by atoms with Gasteiger partial charge in [-0.15, -0.1) is 0 Å². The number of hydrogen-bond acceptors (Lipinski definition) is 6. The lowest BCUT2D eigenvalue weighted by atomic mass is 10.1. The van der Waals surface area contributed by atoms with E-state index in [1.54, 1.807) is 20.3 Å². The van der Waals surface area contributed by atoms with E-state index < -0.39 is 0 Å². The largest absolute Gasteiger partial charge is 0.493 e. The standard InChI is InChI=1S/C21H30N4O4S/c1-4-22-21(30)25(6-5-24-7-9-29-10-8-24)14-16-11-15-12-18(27-2)19(28-3)13-17(15)23-20(16)26/h11-13H,4-10,14H2,1-3H3,(H,22,30)(H,23,26). The first-order valence-corrected chi connectivity index (χ1v) is 10.6. The van der Waals surface area contributed by atoms with Crippen molar-refractivity contribution in [3.05, 3.63) is 34.1 Å². The molecule has 1 aliphatic rings. The fourth-order valence-electron chi connectivity index (χ4n) is 3.50. The van der Waals surface area contributed by atoms with Gasteiger partial charge in [0.1, 0.15) is 0 Å². The summed E-state index contributed by atoms with van der Waals surface area (Å²) in [6, 6.07) is 5.54. The highest BCUT2D eigenvalue weighted by molar-refractivity contribution is 7.80. The number of benzene rings is 1. The van der Waals surface area contributed by atoms with Crippen LogP contribution in [0.2, 0.25) is 0 Å². The molecule has 0 saturated carbocycles. The smallest absolute Gasteiger partial charge is 0.253 e. The Bertz CT molecular complexity index is 927. The van der Waals surface area contributed by atoms with Gasteiger partial charge in [0.15, 0.2) is 16.6 Å². The monoisotopic (exact) mass is 434 g/mol. The van der Waals surface area contributed by atoms with Crippen LogP contribution in [0.25, 0.3) is 10.9 Å². The lowest BCUT2D eigenvalue weighted by Gasteiger charge is -2.31. The lowest BCUT2D eigenvalue weighted by Crippen LogP contribution is -2.46. The number of methoxy groups -OCH3 is 2. The first-order valence-electron chi connectivity index (χ1n) is 10.2. The number of thiocarbonyl (C=S) groups is 1. The van der Waals surface area contributed by atoms with Gasteiger partial charge in [0.05, 0.1) is 39.5 Å². The Hall–Kier alpha value is -2.36. The molecule has 0 atom stereocenters. The molecular weight excluding hydrogens is 404 g/mol. The summed E-state index contributed by atoms with van der Waals surface area (Å²) in [4.78, 5) is 20.1. The Balaban J connectivity index is 1.83. The predicted molar refractivity (Wildman–Crippen MR) is 122 cm³/mol. The van der Waals surface area contributed by atoms with Crippen LogP contribution in [0.3, 0.4) is 0 Å². The molecule has 1 saturated heterocycles. The molecule has 2 heterocycles. The van der Waals surface area contributed by atoms with Gasteiger partial charge in [0.2, 0.25) is 0 Å². The van der Waals surface area contributed by atoms with Gasteiger partial charge in [-0.05, 0) is 31.3 Å². The van der Waals surface area contributed by atoms with Crippen LogP contribution < -0.4 is 20.3 Å². The summed E-state index contributed by atoms with van der Waals surface area (Å²) in [7, 11) is 3.17. The van der Waals surface area contributed by atoms with Crippen LogP contribution in [0.4, 0.5) is 0 Å². The van der Waals surface area contributed by atoms with E-state index in [1.807, 2.05) is 24.0 Å². The Morgan fingerprint density at radius 1 is 1.23 bits per heavy atom. The van der Waals surface area contributed by atoms with Gasteiger partial charge >= 0.3 is 0 Å². The minimum absolute atomic E-state index is 0.134. The number of aromatic nitrogens is 1. The van der Waals surface area contributed by atoms with Crippen LogP contribution >= 0.6 is 12.2 Å². The molecule has 1 fully saturated rings. The number of hydrogen-bond donors (Lipinski definition) is 2. The van der Waals surface area contributed by atoms with Crippen molar-refractivity contribution in [2.24, 2.45) is 0 Å². The Morgan fingerprint density at radius 2 is 1.93 bits per heavy atom. The number of pyridine rings is 1. The predicted octanol–water partition coefficient (Wildman–Crippen LogP) is 1.57. The molecule has 0 bridgehead atoms. The summed E-state index contributed by atoms with van der Waals surface area (Å²) in [6.45, 7) is 8.12. The summed E-state index contributed by atoms with van der Waals surface area (Å²) in [5.41, 5.74) is 1.22. The molecular formula is C21H30N4O4S. The van der Waals surface area contributed by atoms with Crippen molar-refractivity contribution in [2.75, 3.05) is 60.2 Å². The fraction of sp³-hybridized carbons (Fsp3) is 0.524. The molecule has 1 aromatic heterocycles. The van der Waals surface area contributed by atoms with Gasteiger partial charge in [-0.3, -0.25) is 9.69 Å². The Labute approximate surface area is 182 Å². The summed E-state index contributed by atoms with van der Waals surface area (Å²) in [5, 5.41) is 4.74. The highest BCUT2D eigenvalue weighted by Crippen LogP contribution is 2.31. The van der Waals surface area contributed by atoms with Gasteiger partial charge in [-0.1, -0.05) is 0 Å².